The average molecular weight is 863 g/mol. The number of hydrogen-bond acceptors (Lipinski definition) is 8. The van der Waals surface area contributed by atoms with Crippen LogP contribution in [0, 0.1) is 0 Å². The number of nitrogens with zero attached hydrogens (tertiary/aromatic N) is 3. The molecular weight excluding hydrogens is 808 g/mol. The van der Waals surface area contributed by atoms with Crippen molar-refractivity contribution in [2.75, 3.05) is 26.2 Å². The highest BCUT2D eigenvalue weighted by Gasteiger charge is 2.41. The molecule has 1 aromatic heterocycles. The number of benzene rings is 4. The third-order valence-electron chi connectivity index (χ3n) is 11.2. The van der Waals surface area contributed by atoms with Crippen LogP contribution in [-0.4, -0.2) is 86.8 Å². The first-order valence-corrected chi connectivity index (χ1v) is 21.0. The molecule has 326 valence electrons. The number of halogens is 1. The van der Waals surface area contributed by atoms with Crippen molar-refractivity contribution in [3.05, 3.63) is 148 Å². The van der Waals surface area contributed by atoms with Gasteiger partial charge >= 0.3 is 24.3 Å². The molecule has 2 amide bonds. The summed E-state index contributed by atoms with van der Waals surface area (Å²) in [6, 6.07) is 34.2. The number of aromatic amines is 1. The maximum Gasteiger partial charge on any atom is 0.410 e. The van der Waals surface area contributed by atoms with Gasteiger partial charge in [-0.2, -0.15) is 14.7 Å². The lowest BCUT2D eigenvalue weighted by Gasteiger charge is -2.43. The molecule has 0 saturated carbocycles. The Bertz CT molecular complexity index is 2260. The summed E-state index contributed by atoms with van der Waals surface area (Å²) in [6.07, 6.45) is 6.61. The molecule has 0 aliphatic carbocycles. The van der Waals surface area contributed by atoms with Crippen molar-refractivity contribution < 1.29 is 38.6 Å². The number of hydrogen-bond donors (Lipinski definition) is 2. The van der Waals surface area contributed by atoms with Crippen molar-refractivity contribution in [3.63, 3.8) is 0 Å². The summed E-state index contributed by atoms with van der Waals surface area (Å²) >= 11 is 6.09. The Morgan fingerprint density at radius 3 is 1.39 bits per heavy atom. The summed E-state index contributed by atoms with van der Waals surface area (Å²) in [5, 5.41) is 16.8. The number of piperidine rings is 2. The number of carboxylic acids is 1. The van der Waals surface area contributed by atoms with Gasteiger partial charge in [-0.3, -0.25) is 5.10 Å². The second-order valence-electron chi connectivity index (χ2n) is 17.5. The number of carbonyl (C=O) groups is 3. The molecule has 7 rings (SSSR count). The van der Waals surface area contributed by atoms with Crippen LogP contribution in [0.2, 0.25) is 5.02 Å². The zero-order valence-corrected chi connectivity index (χ0v) is 36.9. The average Bonchev–Trinajstić information content (AvgIpc) is 3.79. The zero-order chi connectivity index (χ0) is 45.1. The van der Waals surface area contributed by atoms with E-state index < -0.39 is 17.2 Å². The van der Waals surface area contributed by atoms with E-state index in [-0.39, 0.29) is 34.7 Å². The fourth-order valence-electron chi connectivity index (χ4n) is 8.13. The van der Waals surface area contributed by atoms with Gasteiger partial charge in [-0.05, 0) is 119 Å². The first-order chi connectivity index (χ1) is 29.4. The molecule has 62 heavy (non-hydrogen) atoms. The van der Waals surface area contributed by atoms with Crippen LogP contribution < -0.4 is 0 Å². The second-order valence-corrected chi connectivity index (χ2v) is 17.9. The van der Waals surface area contributed by atoms with Crippen LogP contribution in [0.15, 0.2) is 116 Å². The summed E-state index contributed by atoms with van der Waals surface area (Å²) in [5.41, 5.74) is 5.75. The highest BCUT2D eigenvalue weighted by Crippen LogP contribution is 2.44. The monoisotopic (exact) mass is 862 g/mol. The molecule has 0 radical (unpaired) electrons. The van der Waals surface area contributed by atoms with Crippen LogP contribution in [-0.2, 0) is 29.9 Å². The Morgan fingerprint density at radius 1 is 0.629 bits per heavy atom. The number of rotatable bonds is 6. The van der Waals surface area contributed by atoms with Gasteiger partial charge in [0.15, 0.2) is 0 Å². The molecule has 2 fully saturated rings. The number of likely N-dealkylation sites (tertiary alicyclic amines) is 2. The number of carbonyl (C=O) groups excluding carboxylic acids is 4. The minimum Gasteiger partial charge on any atom is -0.478 e. The van der Waals surface area contributed by atoms with E-state index in [1.54, 1.807) is 17.0 Å². The van der Waals surface area contributed by atoms with Crippen LogP contribution in [0.25, 0.3) is 11.1 Å². The Labute approximate surface area is 368 Å². The van der Waals surface area contributed by atoms with Crippen molar-refractivity contribution in [1.82, 2.24) is 20.0 Å². The Hall–Kier alpha value is -6.23. The van der Waals surface area contributed by atoms with E-state index in [4.69, 9.17) is 30.7 Å². The first kappa shape index (κ1) is 46.8. The molecule has 0 bridgehead atoms. The molecule has 2 aliphatic heterocycles. The smallest absolute Gasteiger partial charge is 0.410 e. The third-order valence-corrected chi connectivity index (χ3v) is 11.5. The van der Waals surface area contributed by atoms with Crippen LogP contribution in [0.4, 0.5) is 9.59 Å². The van der Waals surface area contributed by atoms with Crippen molar-refractivity contribution >= 4 is 35.9 Å². The van der Waals surface area contributed by atoms with Crippen LogP contribution in [0.5, 0.6) is 0 Å². The standard InChI is InChI=1S/C25H29N3O2.C23H26ClNO4.CO2/c1-24(2,3)30-23(29)28-15-13-25(14-16-28,21-7-5-4-6-8-21)22-11-9-19(10-12-22)20-17-26-27-18-20;1-22(2,3)29-21(28)25-14-12-23(13-15-25,18-8-10-19(24)11-9-18)17-6-4-16(5-7-17)20(26)27;2-1-3/h4-12,17-18H,13-16H2,1-3H3,(H,26,27);4-11H,12-15H2,1-3H3,(H,26,27);. The zero-order valence-electron chi connectivity index (χ0n) is 36.2. The molecule has 2 aliphatic rings. The van der Waals surface area contributed by atoms with E-state index in [2.05, 4.69) is 64.8 Å². The van der Waals surface area contributed by atoms with Crippen molar-refractivity contribution in [3.8, 4) is 11.1 Å². The highest BCUT2D eigenvalue weighted by atomic mass is 35.5. The van der Waals surface area contributed by atoms with Gasteiger partial charge in [0.1, 0.15) is 11.2 Å². The number of ether oxygens (including phenoxy) is 2. The summed E-state index contributed by atoms with van der Waals surface area (Å²) in [4.78, 5) is 56.1. The molecule has 4 aromatic carbocycles. The third kappa shape index (κ3) is 11.8. The molecule has 0 spiro atoms. The molecule has 0 atom stereocenters. The number of carboxylic acid groups (broad SMARTS) is 1. The van der Waals surface area contributed by atoms with E-state index in [0.717, 1.165) is 35.1 Å². The molecule has 12 nitrogen and oxygen atoms in total. The van der Waals surface area contributed by atoms with Gasteiger partial charge < -0.3 is 24.4 Å². The minimum atomic E-state index is -0.947. The van der Waals surface area contributed by atoms with Crippen molar-refractivity contribution in [2.45, 2.75) is 89.3 Å². The molecule has 0 unspecified atom stereocenters. The number of aromatic carboxylic acids is 1. The maximum atomic E-state index is 12.6. The Kier molecular flexibility index (Phi) is 15.2. The summed E-state index contributed by atoms with van der Waals surface area (Å²) in [5.74, 6) is -0.947. The van der Waals surface area contributed by atoms with E-state index in [0.29, 0.717) is 44.0 Å². The maximum absolute atomic E-state index is 12.6. The summed E-state index contributed by atoms with van der Waals surface area (Å²) < 4.78 is 11.1. The lowest BCUT2D eigenvalue weighted by molar-refractivity contribution is -0.191. The summed E-state index contributed by atoms with van der Waals surface area (Å²) in [6.45, 7) is 13.8. The number of nitrogens with one attached hydrogen (secondary N) is 1. The van der Waals surface area contributed by atoms with Crippen molar-refractivity contribution in [1.29, 1.82) is 0 Å². The van der Waals surface area contributed by atoms with Gasteiger partial charge in [-0.1, -0.05) is 90.5 Å². The number of aromatic nitrogens is 2. The van der Waals surface area contributed by atoms with E-state index in [9.17, 15) is 19.5 Å². The normalized spacial score (nSPS) is 15.7. The Morgan fingerprint density at radius 2 is 1.02 bits per heavy atom. The van der Waals surface area contributed by atoms with E-state index in [1.165, 1.54) is 11.1 Å². The molecule has 3 heterocycles. The molecule has 2 N–H and O–H groups in total. The molecule has 13 heteroatoms. The first-order valence-electron chi connectivity index (χ1n) is 20.6. The van der Waals surface area contributed by atoms with Gasteiger partial charge in [0.05, 0.1) is 11.8 Å². The SMILES string of the molecule is CC(C)(C)OC(=O)N1CCC(c2ccc(Cl)cc2)(c2ccc(C(=O)O)cc2)CC1.CC(C)(C)OC(=O)N1CCC(c2ccccc2)(c2ccc(-c3cn[nH]c3)cc2)CC1.O=C=O. The number of amides is 2. The topological polar surface area (TPSA) is 159 Å². The fourth-order valence-corrected chi connectivity index (χ4v) is 8.26. The predicted octanol–water partition coefficient (Wildman–Crippen LogP) is 10.2. The quantitative estimate of drug-likeness (QED) is 0.169. The molecular formula is C49H55ClN4O8. The van der Waals surface area contributed by atoms with Crippen molar-refractivity contribution in [2.24, 2.45) is 0 Å². The second kappa shape index (κ2) is 20.1. The Balaban J connectivity index is 0.000000220. The van der Waals surface area contributed by atoms with E-state index >= 15 is 0 Å². The highest BCUT2D eigenvalue weighted by molar-refractivity contribution is 6.30. The van der Waals surface area contributed by atoms with Gasteiger partial charge in [0.2, 0.25) is 0 Å². The van der Waals surface area contributed by atoms with Gasteiger partial charge in [-0.15, -0.1) is 0 Å². The van der Waals surface area contributed by atoms with Gasteiger partial charge in [0.25, 0.3) is 0 Å². The van der Waals surface area contributed by atoms with Gasteiger partial charge in [0, 0.05) is 53.8 Å². The predicted molar refractivity (Wildman–Crippen MR) is 236 cm³/mol. The van der Waals surface area contributed by atoms with Crippen LogP contribution >= 0.6 is 11.6 Å². The number of H-pyrrole nitrogens is 1. The van der Waals surface area contributed by atoms with Gasteiger partial charge in [-0.25, -0.2) is 14.4 Å². The van der Waals surface area contributed by atoms with E-state index in [1.807, 2.05) is 95.2 Å². The molecule has 5 aromatic rings. The van der Waals surface area contributed by atoms with Crippen LogP contribution in [0.3, 0.4) is 0 Å². The lowest BCUT2D eigenvalue weighted by Crippen LogP contribution is -2.47. The fraction of sp³-hybridized carbons (Fsp3) is 0.367. The largest absolute Gasteiger partial charge is 0.478 e. The summed E-state index contributed by atoms with van der Waals surface area (Å²) in [7, 11) is 0. The minimum absolute atomic E-state index is 0.116. The molecule has 2 saturated heterocycles. The lowest BCUT2D eigenvalue weighted by atomic mass is 9.68. The van der Waals surface area contributed by atoms with Crippen LogP contribution in [0.1, 0.15) is 99.8 Å².